The minimum Gasteiger partial charge on any atom is -0.492 e. The van der Waals surface area contributed by atoms with Gasteiger partial charge in [-0.3, -0.25) is 9.97 Å². The largest absolute Gasteiger partial charge is 0.492 e. The number of hydrogen-bond acceptors (Lipinski definition) is 7. The first-order valence-electron chi connectivity index (χ1n) is 9.84. The lowest BCUT2D eigenvalue weighted by Crippen LogP contribution is -2.28. The summed E-state index contributed by atoms with van der Waals surface area (Å²) in [4.78, 5) is 19.5. The fourth-order valence-electron chi connectivity index (χ4n) is 3.12. The number of halogens is 3. The van der Waals surface area contributed by atoms with Crippen molar-refractivity contribution in [3.05, 3.63) is 59.2 Å². The van der Waals surface area contributed by atoms with Crippen molar-refractivity contribution in [2.24, 2.45) is 0 Å². The molecular formula is C20H18F3N4O6PS2. The van der Waals surface area contributed by atoms with Gasteiger partial charge < -0.3 is 19.8 Å². The first-order valence-corrected chi connectivity index (χ1v) is 13.8. The average molecular weight is 562 g/mol. The molecule has 1 heterocycles. The molecule has 0 saturated heterocycles. The molecule has 36 heavy (non-hydrogen) atoms. The number of rotatable bonds is 10. The van der Waals surface area contributed by atoms with E-state index in [0.29, 0.717) is 34.5 Å². The summed E-state index contributed by atoms with van der Waals surface area (Å²) < 4.78 is 85.6. The van der Waals surface area contributed by atoms with E-state index in [1.807, 2.05) is 4.72 Å². The smallest absolute Gasteiger partial charge is 0.417 e. The number of nitrogens with one attached hydrogen (secondary N) is 3. The molecule has 0 spiro atoms. The van der Waals surface area contributed by atoms with Crippen LogP contribution < -0.4 is 14.8 Å². The molecule has 0 fully saturated rings. The lowest BCUT2D eigenvalue weighted by Gasteiger charge is -2.21. The van der Waals surface area contributed by atoms with E-state index < -0.39 is 46.3 Å². The van der Waals surface area contributed by atoms with Gasteiger partial charge in [0, 0.05) is 11.2 Å². The highest BCUT2D eigenvalue weighted by Crippen LogP contribution is 2.51. The molecule has 2 aromatic carbocycles. The molecule has 16 heteroatoms. The third-order valence-corrected chi connectivity index (χ3v) is 9.02. The van der Waals surface area contributed by atoms with E-state index in [4.69, 9.17) is 15.4 Å². The summed E-state index contributed by atoms with van der Waals surface area (Å²) in [5.74, 6) is -1.92. The van der Waals surface area contributed by atoms with Gasteiger partial charge in [0.15, 0.2) is 0 Å². The lowest BCUT2D eigenvalue weighted by molar-refractivity contribution is -0.137. The summed E-state index contributed by atoms with van der Waals surface area (Å²) in [7, 11) is -9.95. The van der Waals surface area contributed by atoms with Gasteiger partial charge in [-0.2, -0.15) is 23.2 Å². The predicted molar refractivity (Wildman–Crippen MR) is 125 cm³/mol. The van der Waals surface area contributed by atoms with E-state index in [-0.39, 0.29) is 10.8 Å². The fourth-order valence-corrected chi connectivity index (χ4v) is 7.09. The zero-order valence-corrected chi connectivity index (χ0v) is 20.5. The van der Waals surface area contributed by atoms with Gasteiger partial charge in [0.2, 0.25) is 0 Å². The molecule has 3 aromatic rings. The van der Waals surface area contributed by atoms with Crippen LogP contribution in [0.2, 0.25) is 0 Å². The molecule has 1 atom stereocenters. The Hall–Kier alpha value is -2.99. The Labute approximate surface area is 207 Å². The van der Waals surface area contributed by atoms with Crippen LogP contribution in [-0.2, 0) is 20.8 Å². The van der Waals surface area contributed by atoms with Crippen molar-refractivity contribution in [3.63, 3.8) is 0 Å². The molecule has 0 aliphatic carbocycles. The minimum atomic E-state index is -5.35. The van der Waals surface area contributed by atoms with Crippen LogP contribution in [0.3, 0.4) is 0 Å². The molecule has 0 amide bonds. The molecule has 3 rings (SSSR count). The molecule has 0 aliphatic heterocycles. The molecule has 5 N–H and O–H groups in total. The monoisotopic (exact) mass is 562 g/mol. The number of fused-ring (bicyclic) bond motifs is 1. The van der Waals surface area contributed by atoms with E-state index in [1.165, 1.54) is 12.1 Å². The number of hydrogen-bond donors (Lipinski definition) is 5. The van der Waals surface area contributed by atoms with Crippen LogP contribution in [-0.4, -0.2) is 37.7 Å². The van der Waals surface area contributed by atoms with Crippen LogP contribution in [0.4, 0.5) is 13.2 Å². The van der Waals surface area contributed by atoms with Gasteiger partial charge in [0.1, 0.15) is 22.3 Å². The maximum atomic E-state index is 13.3. The third-order valence-electron chi connectivity index (χ3n) is 4.74. The number of sulfonamides is 1. The quantitative estimate of drug-likeness (QED) is 0.108. The van der Waals surface area contributed by atoms with Crippen molar-refractivity contribution in [2.45, 2.75) is 16.2 Å². The molecule has 1 aromatic heterocycles. The normalized spacial score (nSPS) is 13.2. The summed E-state index contributed by atoms with van der Waals surface area (Å²) in [5, 5.41) is 18.9. The SMILES string of the molecule is N#Cc1ccc(C(NS(=O)(=O)c2cc3cc(OCCNC=N)ccc3s2)P(=O)(O)O)cc1C(F)(F)F. The maximum absolute atomic E-state index is 13.3. The molecule has 0 aliphatic rings. The Morgan fingerprint density at radius 3 is 2.56 bits per heavy atom. The molecule has 10 nitrogen and oxygen atoms in total. The number of ether oxygens (including phenoxy) is 1. The maximum Gasteiger partial charge on any atom is 0.417 e. The first kappa shape index (κ1) is 27.6. The van der Waals surface area contributed by atoms with Gasteiger partial charge in [-0.05, 0) is 47.3 Å². The van der Waals surface area contributed by atoms with E-state index in [1.54, 1.807) is 18.2 Å². The number of nitrogens with zero attached hydrogens (tertiary/aromatic N) is 1. The summed E-state index contributed by atoms with van der Waals surface area (Å²) in [6.45, 7) is 0.593. The Morgan fingerprint density at radius 1 is 1.22 bits per heavy atom. The van der Waals surface area contributed by atoms with E-state index in [2.05, 4.69) is 5.32 Å². The topological polar surface area (TPSA) is 173 Å². The number of benzene rings is 2. The first-order chi connectivity index (χ1) is 16.8. The molecule has 0 radical (unpaired) electrons. The molecule has 192 valence electrons. The van der Waals surface area contributed by atoms with E-state index in [0.717, 1.165) is 23.7 Å². The lowest BCUT2D eigenvalue weighted by atomic mass is 10.0. The summed E-state index contributed by atoms with van der Waals surface area (Å²) in [6, 6.07) is 9.20. The zero-order valence-electron chi connectivity index (χ0n) is 18.0. The van der Waals surface area contributed by atoms with Crippen molar-refractivity contribution in [1.82, 2.24) is 10.0 Å². The minimum absolute atomic E-state index is 0.228. The molecule has 0 saturated carbocycles. The fraction of sp³-hybridized carbons (Fsp3) is 0.200. The number of nitriles is 1. The Kier molecular flexibility index (Phi) is 8.09. The van der Waals surface area contributed by atoms with Crippen LogP contribution in [0.5, 0.6) is 5.75 Å². The highest BCUT2D eigenvalue weighted by Gasteiger charge is 2.39. The average Bonchev–Trinajstić information content (AvgIpc) is 3.23. The highest BCUT2D eigenvalue weighted by molar-refractivity contribution is 7.92. The van der Waals surface area contributed by atoms with E-state index >= 15 is 0 Å². The van der Waals surface area contributed by atoms with Crippen molar-refractivity contribution >= 4 is 45.4 Å². The number of alkyl halides is 3. The summed E-state index contributed by atoms with van der Waals surface area (Å²) in [6.07, 6.45) is -4.01. The van der Waals surface area contributed by atoms with Gasteiger partial charge in [0.05, 0.1) is 23.5 Å². The van der Waals surface area contributed by atoms with Crippen LogP contribution in [0.15, 0.2) is 46.7 Å². The van der Waals surface area contributed by atoms with Crippen molar-refractivity contribution in [3.8, 4) is 11.8 Å². The second-order valence-corrected chi connectivity index (χ2v) is 12.0. The second kappa shape index (κ2) is 10.6. The van der Waals surface area contributed by atoms with Gasteiger partial charge in [-0.1, -0.05) is 6.07 Å². The van der Waals surface area contributed by atoms with Crippen LogP contribution in [0, 0.1) is 16.7 Å². The highest BCUT2D eigenvalue weighted by atomic mass is 32.2. The van der Waals surface area contributed by atoms with Crippen molar-refractivity contribution in [2.75, 3.05) is 13.2 Å². The van der Waals surface area contributed by atoms with Gasteiger partial charge in [0.25, 0.3) is 10.0 Å². The van der Waals surface area contributed by atoms with Gasteiger partial charge in [-0.15, -0.1) is 11.3 Å². The summed E-state index contributed by atoms with van der Waals surface area (Å²) in [5.41, 5.74) is -2.89. The van der Waals surface area contributed by atoms with E-state index in [9.17, 15) is 35.9 Å². The predicted octanol–water partition coefficient (Wildman–Crippen LogP) is 3.52. The Bertz CT molecular complexity index is 1480. The molecular weight excluding hydrogens is 544 g/mol. The second-order valence-electron chi connectivity index (χ2n) is 7.24. The van der Waals surface area contributed by atoms with Gasteiger partial charge >= 0.3 is 13.8 Å². The Morgan fingerprint density at radius 2 is 1.94 bits per heavy atom. The van der Waals surface area contributed by atoms with Crippen molar-refractivity contribution < 1.29 is 40.7 Å². The third kappa shape index (κ3) is 6.41. The van der Waals surface area contributed by atoms with Gasteiger partial charge in [-0.25, -0.2) is 8.42 Å². The number of thiophene rings is 1. The molecule has 1 unspecified atom stereocenters. The standard InChI is InChI=1S/C20H18F3N4O6PS2/c21-20(22,23)16-8-12(1-2-13(16)10-24)19(34(28,29)30)27-36(31,32)18-9-14-7-15(3-4-17(14)35-18)33-6-5-26-11-25/h1-4,7-9,11,19,27H,5-6H2,(H2,25,26)(H2,28,29,30). The van der Waals surface area contributed by atoms with Crippen LogP contribution in [0.1, 0.15) is 22.5 Å². The molecule has 0 bridgehead atoms. The summed E-state index contributed by atoms with van der Waals surface area (Å²) >= 11 is 0.782. The zero-order chi connectivity index (χ0) is 26.7. The van der Waals surface area contributed by atoms with Crippen LogP contribution in [0.25, 0.3) is 10.1 Å². The van der Waals surface area contributed by atoms with Crippen molar-refractivity contribution in [1.29, 1.82) is 10.7 Å². The Balaban J connectivity index is 1.95. The van der Waals surface area contributed by atoms with Crippen LogP contribution >= 0.6 is 18.9 Å².